The maximum atomic E-state index is 12.5. The molecule has 7 heteroatoms. The van der Waals surface area contributed by atoms with Crippen LogP contribution in [0.1, 0.15) is 39.3 Å². The quantitative estimate of drug-likeness (QED) is 0.535. The van der Waals surface area contributed by atoms with Crippen molar-refractivity contribution in [3.63, 3.8) is 0 Å². The number of aromatic amines is 1. The van der Waals surface area contributed by atoms with E-state index in [1.807, 2.05) is 6.07 Å². The average molecular weight is 401 g/mol. The van der Waals surface area contributed by atoms with Gasteiger partial charge in [0.05, 0.1) is 11.0 Å². The number of H-pyrrole nitrogens is 1. The molecular formula is C23H19N3O4. The van der Waals surface area contributed by atoms with Crippen molar-refractivity contribution in [3.8, 4) is 0 Å². The minimum atomic E-state index is -0.376. The number of fused-ring (bicyclic) bond motifs is 1. The second-order valence-electron chi connectivity index (χ2n) is 7.07. The number of ketones is 2. The van der Waals surface area contributed by atoms with Crippen LogP contribution in [-0.2, 0) is 4.79 Å². The first-order valence-corrected chi connectivity index (χ1v) is 9.64. The fourth-order valence-corrected chi connectivity index (χ4v) is 3.33. The van der Waals surface area contributed by atoms with E-state index in [1.165, 1.54) is 12.2 Å². The van der Waals surface area contributed by atoms with Gasteiger partial charge in [-0.2, -0.15) is 0 Å². The van der Waals surface area contributed by atoms with Gasteiger partial charge in [0.25, 0.3) is 11.5 Å². The Bertz CT molecular complexity index is 1220. The zero-order valence-corrected chi connectivity index (χ0v) is 16.1. The van der Waals surface area contributed by atoms with E-state index in [0.29, 0.717) is 48.1 Å². The van der Waals surface area contributed by atoms with Crippen molar-refractivity contribution in [3.05, 3.63) is 81.8 Å². The summed E-state index contributed by atoms with van der Waals surface area (Å²) in [5.41, 5.74) is 1.90. The lowest BCUT2D eigenvalue weighted by atomic mass is 10.0. The minimum absolute atomic E-state index is 0.147. The number of hydrogen-bond donors (Lipinski definition) is 1. The van der Waals surface area contributed by atoms with Crippen LogP contribution in [0.15, 0.2) is 59.4 Å². The summed E-state index contributed by atoms with van der Waals surface area (Å²) in [5.74, 6) is -0.276. The van der Waals surface area contributed by atoms with Crippen LogP contribution in [0.5, 0.6) is 0 Å². The summed E-state index contributed by atoms with van der Waals surface area (Å²) in [7, 11) is 0. The van der Waals surface area contributed by atoms with Crippen molar-refractivity contribution in [1.82, 2.24) is 14.9 Å². The largest absolute Gasteiger partial charge is 0.338 e. The first kappa shape index (κ1) is 19.4. The summed E-state index contributed by atoms with van der Waals surface area (Å²) in [6, 6.07) is 13.5. The zero-order chi connectivity index (χ0) is 21.1. The summed E-state index contributed by atoms with van der Waals surface area (Å²) in [4.78, 5) is 57.1. The third kappa shape index (κ3) is 4.10. The van der Waals surface area contributed by atoms with E-state index < -0.39 is 0 Å². The number of nitrogens with zero attached hydrogens (tertiary/aromatic N) is 2. The van der Waals surface area contributed by atoms with E-state index in [9.17, 15) is 19.2 Å². The van der Waals surface area contributed by atoms with E-state index in [4.69, 9.17) is 0 Å². The number of carbonyl (C=O) groups excluding carboxylic acids is 3. The van der Waals surface area contributed by atoms with E-state index in [1.54, 1.807) is 47.4 Å². The Morgan fingerprint density at radius 3 is 2.33 bits per heavy atom. The number of allylic oxidation sites excluding steroid dienone is 1. The fraction of sp³-hybridized carbons (Fsp3) is 0.174. The molecule has 3 aromatic rings. The molecule has 0 spiro atoms. The molecule has 1 fully saturated rings. The number of benzene rings is 2. The molecule has 30 heavy (non-hydrogen) atoms. The van der Waals surface area contributed by atoms with Crippen LogP contribution in [0.3, 0.4) is 0 Å². The monoisotopic (exact) mass is 401 g/mol. The van der Waals surface area contributed by atoms with Gasteiger partial charge in [0.1, 0.15) is 11.5 Å². The molecule has 0 bridgehead atoms. The Kier molecular flexibility index (Phi) is 5.34. The van der Waals surface area contributed by atoms with Gasteiger partial charge in [0, 0.05) is 37.1 Å². The van der Waals surface area contributed by atoms with Crippen LogP contribution in [-0.4, -0.2) is 45.4 Å². The standard InChI is InChI=1S/C23H19N3O4/c27-17-11-13-26(14-12-17)23(30)16-7-5-15(6-8-16)21(28)10-9-20-22(29)25-19-4-2-1-3-18(19)24-20/h1-10H,11-14H2,(H,25,29)/b10-9+. The van der Waals surface area contributed by atoms with Crippen molar-refractivity contribution in [2.75, 3.05) is 13.1 Å². The Balaban J connectivity index is 1.47. The van der Waals surface area contributed by atoms with Crippen LogP contribution < -0.4 is 5.56 Å². The van der Waals surface area contributed by atoms with Gasteiger partial charge in [-0.3, -0.25) is 19.2 Å². The first-order chi connectivity index (χ1) is 14.5. The molecule has 1 aromatic heterocycles. The van der Waals surface area contributed by atoms with Crippen molar-refractivity contribution < 1.29 is 14.4 Å². The van der Waals surface area contributed by atoms with Crippen molar-refractivity contribution in [2.24, 2.45) is 0 Å². The molecule has 0 saturated carbocycles. The molecule has 2 aromatic carbocycles. The number of aromatic nitrogens is 2. The molecule has 1 amide bonds. The summed E-state index contributed by atoms with van der Waals surface area (Å²) in [6.45, 7) is 0.850. The van der Waals surface area contributed by atoms with Crippen LogP contribution in [0, 0.1) is 0 Å². The molecule has 0 unspecified atom stereocenters. The highest BCUT2D eigenvalue weighted by atomic mass is 16.2. The lowest BCUT2D eigenvalue weighted by molar-refractivity contribution is -0.120. The van der Waals surface area contributed by atoms with Crippen LogP contribution >= 0.6 is 0 Å². The summed E-state index contributed by atoms with van der Waals surface area (Å²) in [6.07, 6.45) is 3.45. The van der Waals surface area contributed by atoms with Crippen molar-refractivity contribution >= 4 is 34.6 Å². The van der Waals surface area contributed by atoms with Gasteiger partial charge >= 0.3 is 0 Å². The number of piperidine rings is 1. The van der Waals surface area contributed by atoms with E-state index in [0.717, 1.165) is 0 Å². The Hall–Kier alpha value is -3.87. The van der Waals surface area contributed by atoms with Gasteiger partial charge in [-0.25, -0.2) is 4.98 Å². The number of nitrogens with one attached hydrogen (secondary N) is 1. The summed E-state index contributed by atoms with van der Waals surface area (Å²) >= 11 is 0. The molecule has 0 radical (unpaired) electrons. The van der Waals surface area contributed by atoms with E-state index in [2.05, 4.69) is 9.97 Å². The predicted molar refractivity (Wildman–Crippen MR) is 112 cm³/mol. The second kappa shape index (κ2) is 8.24. The average Bonchev–Trinajstić information content (AvgIpc) is 2.77. The molecule has 4 rings (SSSR count). The molecule has 0 aliphatic carbocycles. The highest BCUT2D eigenvalue weighted by Gasteiger charge is 2.21. The van der Waals surface area contributed by atoms with Gasteiger partial charge in [0.2, 0.25) is 0 Å². The Labute approximate surface area is 172 Å². The maximum absolute atomic E-state index is 12.5. The predicted octanol–water partition coefficient (Wildman–Crippen LogP) is 2.62. The van der Waals surface area contributed by atoms with E-state index in [-0.39, 0.29) is 28.7 Å². The molecule has 1 aliphatic rings. The third-order valence-corrected chi connectivity index (χ3v) is 5.04. The number of amides is 1. The number of hydrogen-bond acceptors (Lipinski definition) is 5. The second-order valence-corrected chi connectivity index (χ2v) is 7.07. The van der Waals surface area contributed by atoms with Crippen LogP contribution in [0.25, 0.3) is 17.1 Å². The number of likely N-dealkylation sites (tertiary alicyclic amines) is 1. The van der Waals surface area contributed by atoms with E-state index >= 15 is 0 Å². The van der Waals surface area contributed by atoms with Crippen molar-refractivity contribution in [1.29, 1.82) is 0 Å². The van der Waals surface area contributed by atoms with Crippen LogP contribution in [0.2, 0.25) is 0 Å². The molecule has 1 N–H and O–H groups in total. The fourth-order valence-electron chi connectivity index (χ4n) is 3.33. The maximum Gasteiger partial charge on any atom is 0.274 e. The third-order valence-electron chi connectivity index (χ3n) is 5.04. The van der Waals surface area contributed by atoms with Crippen LogP contribution in [0.4, 0.5) is 0 Å². The highest BCUT2D eigenvalue weighted by Crippen LogP contribution is 2.13. The molecule has 1 saturated heterocycles. The van der Waals surface area contributed by atoms with Gasteiger partial charge in [-0.15, -0.1) is 0 Å². The summed E-state index contributed by atoms with van der Waals surface area (Å²) in [5, 5.41) is 0. The molecular weight excluding hydrogens is 382 g/mol. The number of para-hydroxylation sites is 2. The lowest BCUT2D eigenvalue weighted by Gasteiger charge is -2.26. The zero-order valence-electron chi connectivity index (χ0n) is 16.1. The highest BCUT2D eigenvalue weighted by molar-refractivity contribution is 6.07. The Morgan fingerprint density at radius 2 is 1.60 bits per heavy atom. The van der Waals surface area contributed by atoms with Gasteiger partial charge < -0.3 is 9.88 Å². The Morgan fingerprint density at radius 1 is 0.933 bits per heavy atom. The molecule has 2 heterocycles. The smallest absolute Gasteiger partial charge is 0.274 e. The number of carbonyl (C=O) groups is 3. The normalized spacial score (nSPS) is 14.4. The minimum Gasteiger partial charge on any atom is -0.338 e. The lowest BCUT2D eigenvalue weighted by Crippen LogP contribution is -2.38. The molecule has 1 aliphatic heterocycles. The summed E-state index contributed by atoms with van der Waals surface area (Å²) < 4.78 is 0. The first-order valence-electron chi connectivity index (χ1n) is 9.64. The number of Topliss-reactive ketones (excluding diaryl/α,β-unsaturated/α-hetero) is 1. The number of rotatable bonds is 4. The molecule has 150 valence electrons. The van der Waals surface area contributed by atoms with Gasteiger partial charge in [-0.05, 0) is 36.4 Å². The molecule has 0 atom stereocenters. The van der Waals surface area contributed by atoms with Gasteiger partial charge in [0.15, 0.2) is 5.78 Å². The SMILES string of the molecule is O=C1CCN(C(=O)c2ccc(C(=O)/C=C/c3nc4ccccc4[nH]c3=O)cc2)CC1. The van der Waals surface area contributed by atoms with Gasteiger partial charge in [-0.1, -0.05) is 24.3 Å². The molecule has 7 nitrogen and oxygen atoms in total. The topological polar surface area (TPSA) is 100 Å². The van der Waals surface area contributed by atoms with Crippen molar-refractivity contribution in [2.45, 2.75) is 12.8 Å².